The van der Waals surface area contributed by atoms with Gasteiger partial charge in [0.25, 0.3) is 5.91 Å². The summed E-state index contributed by atoms with van der Waals surface area (Å²) in [6, 6.07) is 8.18. The van der Waals surface area contributed by atoms with Crippen molar-refractivity contribution in [2.75, 3.05) is 13.1 Å². The van der Waals surface area contributed by atoms with Crippen molar-refractivity contribution in [3.8, 4) is 5.75 Å². The molecule has 0 saturated carbocycles. The monoisotopic (exact) mass is 414 g/mol. The zero-order valence-corrected chi connectivity index (χ0v) is 16.8. The van der Waals surface area contributed by atoms with Crippen molar-refractivity contribution in [3.05, 3.63) is 62.5 Å². The van der Waals surface area contributed by atoms with E-state index < -0.39 is 0 Å². The molecule has 0 radical (unpaired) electrons. The first kappa shape index (κ1) is 19.5. The van der Waals surface area contributed by atoms with Gasteiger partial charge in [0.15, 0.2) is 0 Å². The van der Waals surface area contributed by atoms with Crippen LogP contribution in [0.25, 0.3) is 11.0 Å². The molecule has 2 heterocycles. The van der Waals surface area contributed by atoms with Crippen molar-refractivity contribution >= 4 is 28.5 Å². The van der Waals surface area contributed by atoms with Crippen LogP contribution in [0.4, 0.5) is 0 Å². The molecule has 1 fully saturated rings. The summed E-state index contributed by atoms with van der Waals surface area (Å²) in [5.41, 5.74) is 9.42. The van der Waals surface area contributed by atoms with Gasteiger partial charge in [-0.05, 0) is 61.6 Å². The van der Waals surface area contributed by atoms with E-state index in [0.717, 1.165) is 18.4 Å². The summed E-state index contributed by atoms with van der Waals surface area (Å²) in [4.78, 5) is 31.4. The fraction of sp³-hybridized carbons (Fsp3) is 0.333. The van der Waals surface area contributed by atoms with Gasteiger partial charge in [0.1, 0.15) is 5.75 Å². The smallest absolute Gasteiger partial charge is 0.323 e. The minimum Gasteiger partial charge on any atom is -0.508 e. The highest BCUT2D eigenvalue weighted by molar-refractivity contribution is 6.31. The summed E-state index contributed by atoms with van der Waals surface area (Å²) in [5, 5.41) is 10.8. The van der Waals surface area contributed by atoms with Crippen LogP contribution in [0.15, 0.2) is 35.1 Å². The number of nitrogens with two attached hydrogens (primary N) is 1. The molecule has 0 bridgehead atoms. The van der Waals surface area contributed by atoms with Gasteiger partial charge in [-0.25, -0.2) is 4.79 Å². The van der Waals surface area contributed by atoms with Crippen LogP contribution in [0.5, 0.6) is 5.75 Å². The van der Waals surface area contributed by atoms with Crippen LogP contribution in [-0.2, 0) is 0 Å². The fourth-order valence-corrected chi connectivity index (χ4v) is 4.18. The third-order valence-electron chi connectivity index (χ3n) is 5.76. The lowest BCUT2D eigenvalue weighted by atomic mass is 9.85. The molecule has 8 heteroatoms. The Morgan fingerprint density at radius 2 is 1.90 bits per heavy atom. The number of carbonyl (C=O) groups excluding carboxylic acids is 1. The molecule has 0 aliphatic carbocycles. The second-order valence-electron chi connectivity index (χ2n) is 7.66. The SMILES string of the molecule is Cc1cc(O)c([C@H](N)C2CCN(C(=O)c3ccc4[nH]c(=O)[nH]c4c3)CC2)cc1Cl. The van der Waals surface area contributed by atoms with E-state index >= 15 is 0 Å². The molecule has 3 aromatic rings. The number of aryl methyl sites for hydroxylation is 1. The predicted octanol–water partition coefficient (Wildman–Crippen LogP) is 3.08. The second-order valence-corrected chi connectivity index (χ2v) is 8.06. The Morgan fingerprint density at radius 3 is 2.62 bits per heavy atom. The van der Waals surface area contributed by atoms with Crippen molar-refractivity contribution in [2.24, 2.45) is 11.7 Å². The Kier molecular flexibility index (Phi) is 5.10. The summed E-state index contributed by atoms with van der Waals surface area (Å²) in [5.74, 6) is 0.237. The number of hydrogen-bond donors (Lipinski definition) is 4. The number of aromatic amines is 2. The first-order valence-electron chi connectivity index (χ1n) is 9.59. The molecule has 1 aromatic heterocycles. The van der Waals surface area contributed by atoms with Gasteiger partial charge >= 0.3 is 5.69 Å². The van der Waals surface area contributed by atoms with E-state index in [4.69, 9.17) is 17.3 Å². The predicted molar refractivity (Wildman–Crippen MR) is 112 cm³/mol. The first-order valence-corrected chi connectivity index (χ1v) is 9.97. The molecular formula is C21H23ClN4O3. The number of hydrogen-bond acceptors (Lipinski definition) is 4. The summed E-state index contributed by atoms with van der Waals surface area (Å²) >= 11 is 6.20. The number of benzene rings is 2. The van der Waals surface area contributed by atoms with Gasteiger partial charge in [-0.15, -0.1) is 0 Å². The quantitative estimate of drug-likeness (QED) is 0.527. The average molecular weight is 415 g/mol. The van der Waals surface area contributed by atoms with Crippen molar-refractivity contribution in [1.82, 2.24) is 14.9 Å². The van der Waals surface area contributed by atoms with Crippen molar-refractivity contribution in [3.63, 3.8) is 0 Å². The Hall–Kier alpha value is -2.77. The zero-order chi connectivity index (χ0) is 20.7. The molecule has 1 aliphatic rings. The molecule has 1 aliphatic heterocycles. The summed E-state index contributed by atoms with van der Waals surface area (Å²) in [6.07, 6.45) is 1.47. The van der Waals surface area contributed by atoms with Gasteiger partial charge in [0.2, 0.25) is 0 Å². The first-order chi connectivity index (χ1) is 13.8. The largest absolute Gasteiger partial charge is 0.508 e. The number of aromatic hydroxyl groups is 1. The van der Waals surface area contributed by atoms with E-state index in [-0.39, 0.29) is 29.3 Å². The highest BCUT2D eigenvalue weighted by Gasteiger charge is 2.29. The number of imidazole rings is 1. The number of nitrogens with one attached hydrogen (secondary N) is 2. The number of aromatic nitrogens is 2. The molecule has 0 unspecified atom stereocenters. The Balaban J connectivity index is 1.45. The Morgan fingerprint density at radius 1 is 1.21 bits per heavy atom. The standard InChI is InChI=1S/C21H23ClN4O3/c1-11-8-18(27)14(10-15(11)22)19(23)12-4-6-26(7-5-12)20(28)13-2-3-16-17(9-13)25-21(29)24-16/h2-3,8-10,12,19,27H,4-7,23H2,1H3,(H2,24,25,29)/t19-/m1/s1. The molecule has 1 amide bonds. The molecular weight excluding hydrogens is 392 g/mol. The number of likely N-dealkylation sites (tertiary alicyclic amines) is 1. The lowest BCUT2D eigenvalue weighted by Crippen LogP contribution is -2.41. The fourth-order valence-electron chi connectivity index (χ4n) is 4.01. The summed E-state index contributed by atoms with van der Waals surface area (Å²) in [7, 11) is 0. The normalized spacial score (nSPS) is 16.3. The summed E-state index contributed by atoms with van der Waals surface area (Å²) < 4.78 is 0. The van der Waals surface area contributed by atoms with Crippen molar-refractivity contribution in [2.45, 2.75) is 25.8 Å². The molecule has 2 aromatic carbocycles. The molecule has 1 atom stereocenters. The maximum absolute atomic E-state index is 12.9. The molecule has 4 rings (SSSR count). The van der Waals surface area contributed by atoms with Crippen molar-refractivity contribution < 1.29 is 9.90 Å². The number of phenolic OH excluding ortho intramolecular Hbond substituents is 1. The van der Waals surface area contributed by atoms with E-state index in [1.54, 1.807) is 35.2 Å². The van der Waals surface area contributed by atoms with E-state index in [0.29, 0.717) is 40.3 Å². The summed E-state index contributed by atoms with van der Waals surface area (Å²) in [6.45, 7) is 3.00. The minimum atomic E-state index is -0.341. The number of rotatable bonds is 3. The van der Waals surface area contributed by atoms with E-state index in [9.17, 15) is 14.7 Å². The maximum atomic E-state index is 12.9. The second kappa shape index (κ2) is 7.57. The number of nitrogens with zero attached hydrogens (tertiary/aromatic N) is 1. The number of piperidine rings is 1. The van der Waals surface area contributed by atoms with Gasteiger partial charge in [0.05, 0.1) is 11.0 Å². The van der Waals surface area contributed by atoms with E-state index in [2.05, 4.69) is 9.97 Å². The molecule has 5 N–H and O–H groups in total. The van der Waals surface area contributed by atoms with Crippen LogP contribution in [0.3, 0.4) is 0 Å². The third kappa shape index (κ3) is 3.75. The van der Waals surface area contributed by atoms with Crippen LogP contribution in [0.2, 0.25) is 5.02 Å². The third-order valence-corrected chi connectivity index (χ3v) is 6.17. The number of halogens is 1. The topological polar surface area (TPSA) is 115 Å². The highest BCUT2D eigenvalue weighted by Crippen LogP contribution is 2.36. The van der Waals surface area contributed by atoms with Gasteiger partial charge in [-0.3, -0.25) is 4.79 Å². The highest BCUT2D eigenvalue weighted by atomic mass is 35.5. The van der Waals surface area contributed by atoms with Crippen molar-refractivity contribution in [1.29, 1.82) is 0 Å². The number of amides is 1. The number of carbonyl (C=O) groups is 1. The van der Waals surface area contributed by atoms with Gasteiger partial charge in [-0.1, -0.05) is 11.6 Å². The number of phenols is 1. The van der Waals surface area contributed by atoms with E-state index in [1.165, 1.54) is 0 Å². The van der Waals surface area contributed by atoms with Gasteiger partial charge in [0, 0.05) is 35.3 Å². The maximum Gasteiger partial charge on any atom is 0.323 e. The average Bonchev–Trinajstić information content (AvgIpc) is 3.09. The Bertz CT molecular complexity index is 1130. The van der Waals surface area contributed by atoms with Crippen LogP contribution < -0.4 is 11.4 Å². The molecule has 1 saturated heterocycles. The molecule has 152 valence electrons. The van der Waals surface area contributed by atoms with Gasteiger partial charge < -0.3 is 25.7 Å². The zero-order valence-electron chi connectivity index (χ0n) is 16.0. The van der Waals surface area contributed by atoms with Crippen LogP contribution in [0.1, 0.15) is 40.4 Å². The lowest BCUT2D eigenvalue weighted by molar-refractivity contribution is 0.0677. The minimum absolute atomic E-state index is 0.0674. The number of H-pyrrole nitrogens is 2. The van der Waals surface area contributed by atoms with Crippen LogP contribution in [-0.4, -0.2) is 39.0 Å². The molecule has 7 nitrogen and oxygen atoms in total. The molecule has 29 heavy (non-hydrogen) atoms. The Labute approximate surface area is 172 Å². The van der Waals surface area contributed by atoms with Crippen LogP contribution >= 0.6 is 11.6 Å². The van der Waals surface area contributed by atoms with E-state index in [1.807, 2.05) is 6.92 Å². The van der Waals surface area contributed by atoms with Crippen LogP contribution in [0, 0.1) is 12.8 Å². The molecule has 0 spiro atoms. The van der Waals surface area contributed by atoms with Gasteiger partial charge in [-0.2, -0.15) is 0 Å². The number of fused-ring (bicyclic) bond motifs is 1. The lowest BCUT2D eigenvalue weighted by Gasteiger charge is -2.35.